The van der Waals surface area contributed by atoms with Crippen molar-refractivity contribution in [2.24, 2.45) is 7.05 Å². The normalized spacial score (nSPS) is 15.8. The first kappa shape index (κ1) is 23.6. The van der Waals surface area contributed by atoms with Crippen LogP contribution in [-0.2, 0) is 7.05 Å². The van der Waals surface area contributed by atoms with Crippen LogP contribution in [-0.4, -0.2) is 22.1 Å². The Labute approximate surface area is 197 Å². The fraction of sp³-hybridized carbons (Fsp3) is 0.217. The molecular formula is C23H19ClF4N4O2. The number of carbonyl (C=O) groups excluding carboxylic acids is 1. The summed E-state index contributed by atoms with van der Waals surface area (Å²) >= 11 is 5.79. The van der Waals surface area contributed by atoms with Crippen LogP contribution in [0.4, 0.5) is 29.1 Å². The van der Waals surface area contributed by atoms with Crippen LogP contribution in [0.5, 0.6) is 5.75 Å². The molecule has 6 nitrogen and oxygen atoms in total. The number of hydrogen-bond acceptors (Lipinski definition) is 4. The quantitative estimate of drug-likeness (QED) is 0.432. The van der Waals surface area contributed by atoms with Gasteiger partial charge in [-0.2, -0.15) is 5.10 Å². The largest absolute Gasteiger partial charge is 0.573 e. The van der Waals surface area contributed by atoms with Crippen LogP contribution >= 0.6 is 11.6 Å². The minimum Gasteiger partial charge on any atom is -0.406 e. The van der Waals surface area contributed by atoms with Gasteiger partial charge in [-0.3, -0.25) is 9.48 Å². The van der Waals surface area contributed by atoms with E-state index >= 15 is 0 Å². The highest BCUT2D eigenvalue weighted by atomic mass is 35.5. The lowest BCUT2D eigenvalue weighted by Gasteiger charge is -2.13. The van der Waals surface area contributed by atoms with Crippen molar-refractivity contribution in [1.82, 2.24) is 9.78 Å². The minimum atomic E-state index is -4.75. The lowest BCUT2D eigenvalue weighted by Crippen LogP contribution is -2.17. The fourth-order valence-corrected chi connectivity index (χ4v) is 4.04. The van der Waals surface area contributed by atoms with Crippen molar-refractivity contribution in [2.45, 2.75) is 25.1 Å². The van der Waals surface area contributed by atoms with Crippen molar-refractivity contribution >= 4 is 34.6 Å². The molecule has 3 aromatic rings. The van der Waals surface area contributed by atoms with Gasteiger partial charge in [0.05, 0.1) is 5.02 Å². The Bertz CT molecular complexity index is 1270. The number of nitrogens with two attached hydrogens (primary N) is 1. The van der Waals surface area contributed by atoms with Crippen LogP contribution in [0.25, 0.3) is 5.57 Å². The summed E-state index contributed by atoms with van der Waals surface area (Å²) in [5.74, 6) is -1.29. The van der Waals surface area contributed by atoms with Crippen molar-refractivity contribution in [3.8, 4) is 5.75 Å². The Kier molecular flexibility index (Phi) is 6.26. The maximum atomic E-state index is 13.4. The number of amides is 1. The first-order valence-corrected chi connectivity index (χ1v) is 10.5. The molecule has 1 unspecified atom stereocenters. The van der Waals surface area contributed by atoms with Crippen molar-refractivity contribution in [3.63, 3.8) is 0 Å². The predicted molar refractivity (Wildman–Crippen MR) is 120 cm³/mol. The number of alkyl halides is 3. The van der Waals surface area contributed by atoms with E-state index < -0.39 is 18.1 Å². The number of nitrogen functional groups attached to an aromatic ring is 1. The molecule has 1 aromatic heterocycles. The van der Waals surface area contributed by atoms with Crippen LogP contribution in [0.3, 0.4) is 0 Å². The molecule has 0 spiro atoms. The number of rotatable bonds is 5. The number of carbonyl (C=O) groups is 1. The highest BCUT2D eigenvalue weighted by molar-refractivity contribution is 6.31. The molecule has 1 atom stereocenters. The summed E-state index contributed by atoms with van der Waals surface area (Å²) in [5, 5.41) is 6.92. The van der Waals surface area contributed by atoms with Crippen LogP contribution in [0.15, 0.2) is 48.5 Å². The van der Waals surface area contributed by atoms with Gasteiger partial charge >= 0.3 is 6.36 Å². The molecule has 1 amide bonds. The highest BCUT2D eigenvalue weighted by Gasteiger charge is 2.31. The van der Waals surface area contributed by atoms with Gasteiger partial charge in [-0.05, 0) is 60.2 Å². The predicted octanol–water partition coefficient (Wildman–Crippen LogP) is 5.91. The molecular weight excluding hydrogens is 476 g/mol. The number of allylic oxidation sites excluding steroid dienone is 2. The van der Waals surface area contributed by atoms with E-state index in [1.807, 2.05) is 6.08 Å². The van der Waals surface area contributed by atoms with E-state index in [0.29, 0.717) is 24.2 Å². The second-order valence-electron chi connectivity index (χ2n) is 7.80. The maximum absolute atomic E-state index is 13.4. The average molecular weight is 495 g/mol. The van der Waals surface area contributed by atoms with E-state index in [1.165, 1.54) is 28.9 Å². The summed E-state index contributed by atoms with van der Waals surface area (Å²) in [5.41, 5.74) is 8.60. The molecule has 34 heavy (non-hydrogen) atoms. The van der Waals surface area contributed by atoms with Crippen LogP contribution in [0.1, 0.15) is 40.4 Å². The van der Waals surface area contributed by atoms with Gasteiger partial charge in [0.25, 0.3) is 5.91 Å². The third kappa shape index (κ3) is 5.01. The highest BCUT2D eigenvalue weighted by Crippen LogP contribution is 2.40. The first-order chi connectivity index (χ1) is 16.0. The molecule has 0 saturated heterocycles. The molecule has 178 valence electrons. The Balaban J connectivity index is 1.52. The molecule has 3 N–H and O–H groups in total. The Morgan fingerprint density at radius 3 is 2.59 bits per heavy atom. The molecule has 1 heterocycles. The number of nitrogens with one attached hydrogen (secondary N) is 1. The van der Waals surface area contributed by atoms with Crippen LogP contribution < -0.4 is 15.8 Å². The van der Waals surface area contributed by atoms with Gasteiger partial charge in [-0.1, -0.05) is 29.8 Å². The lowest BCUT2D eigenvalue weighted by molar-refractivity contribution is -0.274. The SMILES string of the molecule is Cn1nc(C2=CCC(c3ccc(OC(F)(F)F)cc3)C2)c(C(=O)Nc2ccc(F)c(Cl)c2)c1N. The fourth-order valence-electron chi connectivity index (χ4n) is 3.86. The number of ether oxygens (including phenoxy) is 1. The smallest absolute Gasteiger partial charge is 0.406 e. The molecule has 11 heteroatoms. The van der Waals surface area contributed by atoms with Gasteiger partial charge in [0.15, 0.2) is 0 Å². The Morgan fingerprint density at radius 1 is 1.24 bits per heavy atom. The van der Waals surface area contributed by atoms with E-state index in [9.17, 15) is 22.4 Å². The summed E-state index contributed by atoms with van der Waals surface area (Å²) in [6.07, 6.45) is -1.70. The van der Waals surface area contributed by atoms with E-state index in [-0.39, 0.29) is 28.1 Å². The Morgan fingerprint density at radius 2 is 1.94 bits per heavy atom. The Hall–Kier alpha value is -3.53. The van der Waals surface area contributed by atoms with E-state index in [0.717, 1.165) is 17.2 Å². The molecule has 4 rings (SSSR count). The number of hydrogen-bond donors (Lipinski definition) is 2. The zero-order chi connectivity index (χ0) is 24.6. The molecule has 0 radical (unpaired) electrons. The molecule has 0 fully saturated rings. The van der Waals surface area contributed by atoms with Gasteiger partial charge in [0, 0.05) is 12.7 Å². The van der Waals surface area contributed by atoms with Gasteiger partial charge in [-0.15, -0.1) is 13.2 Å². The first-order valence-electron chi connectivity index (χ1n) is 10.2. The summed E-state index contributed by atoms with van der Waals surface area (Å²) in [6.45, 7) is 0. The average Bonchev–Trinajstić information content (AvgIpc) is 3.35. The van der Waals surface area contributed by atoms with Crippen LogP contribution in [0.2, 0.25) is 5.02 Å². The van der Waals surface area contributed by atoms with Gasteiger partial charge in [0.1, 0.15) is 28.6 Å². The molecule has 0 saturated carbocycles. The van der Waals surface area contributed by atoms with Crippen molar-refractivity contribution in [1.29, 1.82) is 0 Å². The molecule has 2 aromatic carbocycles. The van der Waals surface area contributed by atoms with Crippen molar-refractivity contribution < 1.29 is 27.1 Å². The minimum absolute atomic E-state index is 0.00927. The maximum Gasteiger partial charge on any atom is 0.573 e. The van der Waals surface area contributed by atoms with Crippen molar-refractivity contribution in [2.75, 3.05) is 11.1 Å². The zero-order valence-electron chi connectivity index (χ0n) is 17.8. The third-order valence-corrected chi connectivity index (χ3v) is 5.79. The van der Waals surface area contributed by atoms with Crippen LogP contribution in [0, 0.1) is 5.82 Å². The zero-order valence-corrected chi connectivity index (χ0v) is 18.5. The standard InChI is InChI=1S/C23H19ClF4N4O2/c1-32-21(29)19(22(33)30-15-6-9-18(25)17(24)11-15)20(31-32)14-3-2-13(10-14)12-4-7-16(8-5-12)34-23(26,27)28/h3-9,11,13H,2,10,29H2,1H3,(H,30,33). The topological polar surface area (TPSA) is 82.2 Å². The lowest BCUT2D eigenvalue weighted by atomic mass is 9.94. The third-order valence-electron chi connectivity index (χ3n) is 5.50. The molecule has 0 bridgehead atoms. The van der Waals surface area contributed by atoms with E-state index in [4.69, 9.17) is 17.3 Å². The molecule has 0 aliphatic heterocycles. The molecule has 1 aliphatic carbocycles. The van der Waals surface area contributed by atoms with Gasteiger partial charge in [-0.25, -0.2) is 4.39 Å². The summed E-state index contributed by atoms with van der Waals surface area (Å²) in [4.78, 5) is 13.0. The van der Waals surface area contributed by atoms with Gasteiger partial charge in [0.2, 0.25) is 0 Å². The van der Waals surface area contributed by atoms with E-state index in [1.54, 1.807) is 19.2 Å². The van der Waals surface area contributed by atoms with Gasteiger partial charge < -0.3 is 15.8 Å². The number of nitrogens with zero attached hydrogens (tertiary/aromatic N) is 2. The number of benzene rings is 2. The second kappa shape index (κ2) is 9.02. The van der Waals surface area contributed by atoms with E-state index in [2.05, 4.69) is 15.2 Å². The summed E-state index contributed by atoms with van der Waals surface area (Å²) in [6, 6.07) is 9.52. The number of aromatic nitrogens is 2. The van der Waals surface area contributed by atoms with Crippen molar-refractivity contribution in [3.05, 3.63) is 76.2 Å². The number of halogens is 5. The monoisotopic (exact) mass is 494 g/mol. The second-order valence-corrected chi connectivity index (χ2v) is 8.21. The number of aryl methyl sites for hydroxylation is 1. The summed E-state index contributed by atoms with van der Waals surface area (Å²) in [7, 11) is 1.61. The summed E-state index contributed by atoms with van der Waals surface area (Å²) < 4.78 is 55.9. The number of anilines is 2. The molecule has 1 aliphatic rings.